The first-order valence-corrected chi connectivity index (χ1v) is 9.02. The number of hydrogen-bond acceptors (Lipinski definition) is 5. The van der Waals surface area contributed by atoms with E-state index in [9.17, 15) is 9.59 Å². The Labute approximate surface area is 157 Å². The molecule has 2 aliphatic rings. The molecular formula is C19H22ClNO5. The van der Waals surface area contributed by atoms with Crippen LogP contribution in [0.1, 0.15) is 25.8 Å². The molecule has 1 saturated heterocycles. The molecule has 0 spiro atoms. The highest BCUT2D eigenvalue weighted by Gasteiger charge is 2.25. The number of nitrogens with zero attached hydrogens (tertiary/aromatic N) is 1. The van der Waals surface area contributed by atoms with Crippen LogP contribution in [0.4, 0.5) is 0 Å². The molecule has 0 aromatic heterocycles. The minimum absolute atomic E-state index is 0.125. The van der Waals surface area contributed by atoms with Gasteiger partial charge in [0.15, 0.2) is 18.1 Å². The Morgan fingerprint density at radius 3 is 2.73 bits per heavy atom. The van der Waals surface area contributed by atoms with E-state index in [-0.39, 0.29) is 19.3 Å². The van der Waals surface area contributed by atoms with Gasteiger partial charge in [-0.3, -0.25) is 4.79 Å². The Balaban J connectivity index is 1.52. The quantitative estimate of drug-likeness (QED) is 0.594. The molecule has 0 N–H and O–H groups in total. The van der Waals surface area contributed by atoms with Crippen molar-refractivity contribution in [2.75, 3.05) is 26.5 Å². The number of esters is 1. The van der Waals surface area contributed by atoms with Crippen LogP contribution in [-0.4, -0.2) is 43.3 Å². The lowest BCUT2D eigenvalue weighted by molar-refractivity contribution is -0.149. The SMILES string of the molecule is C[C@@H]1C[C@H](C)CN(C(=O)COC(=O)/C=C/c2cc(Cl)c3c(c2)OCO3)C1. The first-order chi connectivity index (χ1) is 12.4. The highest BCUT2D eigenvalue weighted by Crippen LogP contribution is 2.40. The number of fused-ring (bicyclic) bond motifs is 1. The van der Waals surface area contributed by atoms with E-state index in [0.29, 0.717) is 47.0 Å². The fraction of sp³-hybridized carbons (Fsp3) is 0.474. The highest BCUT2D eigenvalue weighted by atomic mass is 35.5. The molecule has 7 heteroatoms. The number of hydrogen-bond donors (Lipinski definition) is 0. The van der Waals surface area contributed by atoms with E-state index in [1.807, 2.05) is 0 Å². The maximum absolute atomic E-state index is 12.2. The molecule has 26 heavy (non-hydrogen) atoms. The van der Waals surface area contributed by atoms with Crippen LogP contribution >= 0.6 is 11.6 Å². The molecular weight excluding hydrogens is 358 g/mol. The summed E-state index contributed by atoms with van der Waals surface area (Å²) < 4.78 is 15.6. The van der Waals surface area contributed by atoms with Gasteiger partial charge >= 0.3 is 5.97 Å². The predicted molar refractivity (Wildman–Crippen MR) is 97.1 cm³/mol. The molecule has 2 heterocycles. The Kier molecular flexibility index (Phi) is 5.71. The van der Waals surface area contributed by atoms with Crippen molar-refractivity contribution in [2.45, 2.75) is 20.3 Å². The molecule has 0 aliphatic carbocycles. The third-order valence-corrected chi connectivity index (χ3v) is 4.70. The zero-order valence-electron chi connectivity index (χ0n) is 14.9. The van der Waals surface area contributed by atoms with Gasteiger partial charge in [-0.15, -0.1) is 0 Å². The second-order valence-electron chi connectivity index (χ2n) is 6.92. The van der Waals surface area contributed by atoms with Gasteiger partial charge in [0, 0.05) is 19.2 Å². The number of carbonyl (C=O) groups is 2. The lowest BCUT2D eigenvalue weighted by atomic mass is 9.92. The van der Waals surface area contributed by atoms with E-state index in [4.69, 9.17) is 25.8 Å². The number of piperidine rings is 1. The monoisotopic (exact) mass is 379 g/mol. The molecule has 1 fully saturated rings. The number of carbonyl (C=O) groups excluding carboxylic acids is 2. The van der Waals surface area contributed by atoms with Crippen molar-refractivity contribution in [2.24, 2.45) is 11.8 Å². The number of halogens is 1. The number of ether oxygens (including phenoxy) is 3. The van der Waals surface area contributed by atoms with Crippen molar-refractivity contribution in [3.8, 4) is 11.5 Å². The normalized spacial score (nSPS) is 21.9. The van der Waals surface area contributed by atoms with E-state index in [0.717, 1.165) is 6.42 Å². The van der Waals surface area contributed by atoms with Gasteiger partial charge in [0.1, 0.15) is 0 Å². The zero-order valence-corrected chi connectivity index (χ0v) is 15.6. The maximum Gasteiger partial charge on any atom is 0.331 e. The topological polar surface area (TPSA) is 65.1 Å². The van der Waals surface area contributed by atoms with E-state index in [1.54, 1.807) is 23.1 Å². The van der Waals surface area contributed by atoms with Crippen LogP contribution in [0.15, 0.2) is 18.2 Å². The largest absolute Gasteiger partial charge is 0.454 e. The second-order valence-corrected chi connectivity index (χ2v) is 7.33. The van der Waals surface area contributed by atoms with Crippen LogP contribution in [0.25, 0.3) is 6.08 Å². The molecule has 6 nitrogen and oxygen atoms in total. The summed E-state index contributed by atoms with van der Waals surface area (Å²) in [7, 11) is 0. The fourth-order valence-corrected chi connectivity index (χ4v) is 3.66. The molecule has 0 bridgehead atoms. The van der Waals surface area contributed by atoms with Crippen LogP contribution in [0.2, 0.25) is 5.02 Å². The Bertz CT molecular complexity index is 723. The van der Waals surface area contributed by atoms with Gasteiger partial charge in [0.25, 0.3) is 5.91 Å². The second kappa shape index (κ2) is 7.99. The molecule has 1 aromatic rings. The first kappa shape index (κ1) is 18.6. The summed E-state index contributed by atoms with van der Waals surface area (Å²) in [6.45, 7) is 5.56. The summed E-state index contributed by atoms with van der Waals surface area (Å²) in [5.41, 5.74) is 0.682. The van der Waals surface area contributed by atoms with Crippen molar-refractivity contribution in [3.05, 3.63) is 28.8 Å². The van der Waals surface area contributed by atoms with Gasteiger partial charge in [-0.1, -0.05) is 25.4 Å². The molecule has 2 atom stereocenters. The van der Waals surface area contributed by atoms with E-state index in [1.165, 1.54) is 6.08 Å². The Morgan fingerprint density at radius 2 is 2.00 bits per heavy atom. The number of likely N-dealkylation sites (tertiary alicyclic amines) is 1. The Morgan fingerprint density at radius 1 is 1.27 bits per heavy atom. The summed E-state index contributed by atoms with van der Waals surface area (Å²) in [4.78, 5) is 25.9. The summed E-state index contributed by atoms with van der Waals surface area (Å²) in [6, 6.07) is 3.39. The fourth-order valence-electron chi connectivity index (χ4n) is 3.39. The lowest BCUT2D eigenvalue weighted by Crippen LogP contribution is -2.44. The molecule has 0 radical (unpaired) electrons. The van der Waals surface area contributed by atoms with Crippen molar-refractivity contribution in [3.63, 3.8) is 0 Å². The van der Waals surface area contributed by atoms with Crippen molar-refractivity contribution < 1.29 is 23.8 Å². The predicted octanol–water partition coefficient (Wildman–Crippen LogP) is 3.13. The Hall–Kier alpha value is -2.21. The molecule has 0 unspecified atom stereocenters. The lowest BCUT2D eigenvalue weighted by Gasteiger charge is -2.34. The van der Waals surface area contributed by atoms with Gasteiger partial charge in [-0.2, -0.15) is 0 Å². The first-order valence-electron chi connectivity index (χ1n) is 8.64. The van der Waals surface area contributed by atoms with Crippen molar-refractivity contribution in [1.29, 1.82) is 0 Å². The number of benzene rings is 1. The standard InChI is InChI=1S/C19H22ClNO5/c1-12-5-13(2)9-21(8-12)17(22)10-24-18(23)4-3-14-6-15(20)19-16(7-14)25-11-26-19/h3-4,6-7,12-13H,5,8-11H2,1-2H3/b4-3+/t12-,13+. The van der Waals surface area contributed by atoms with E-state index in [2.05, 4.69) is 13.8 Å². The summed E-state index contributed by atoms with van der Waals surface area (Å²) in [6.07, 6.45) is 3.94. The average molecular weight is 380 g/mol. The number of amides is 1. The summed E-state index contributed by atoms with van der Waals surface area (Å²) in [5.74, 6) is 1.24. The molecule has 1 amide bonds. The van der Waals surface area contributed by atoms with Crippen LogP contribution in [0, 0.1) is 11.8 Å². The summed E-state index contributed by atoms with van der Waals surface area (Å²) in [5, 5.41) is 0.413. The third kappa shape index (κ3) is 4.49. The molecule has 140 valence electrons. The van der Waals surface area contributed by atoms with Gasteiger partial charge < -0.3 is 19.1 Å². The van der Waals surface area contributed by atoms with Crippen LogP contribution in [0.3, 0.4) is 0 Å². The smallest absolute Gasteiger partial charge is 0.331 e. The van der Waals surface area contributed by atoms with Gasteiger partial charge in [-0.05, 0) is 42.0 Å². The molecule has 0 saturated carbocycles. The zero-order chi connectivity index (χ0) is 18.7. The van der Waals surface area contributed by atoms with Gasteiger partial charge in [-0.25, -0.2) is 4.79 Å². The minimum Gasteiger partial charge on any atom is -0.454 e. The molecule has 1 aromatic carbocycles. The highest BCUT2D eigenvalue weighted by molar-refractivity contribution is 6.32. The number of rotatable bonds is 4. The van der Waals surface area contributed by atoms with Crippen LogP contribution in [0.5, 0.6) is 11.5 Å². The van der Waals surface area contributed by atoms with Gasteiger partial charge in [0.2, 0.25) is 6.79 Å². The van der Waals surface area contributed by atoms with Gasteiger partial charge in [0.05, 0.1) is 5.02 Å². The summed E-state index contributed by atoms with van der Waals surface area (Å²) >= 11 is 6.10. The van der Waals surface area contributed by atoms with Crippen LogP contribution in [-0.2, 0) is 14.3 Å². The van der Waals surface area contributed by atoms with Crippen molar-refractivity contribution in [1.82, 2.24) is 4.90 Å². The van der Waals surface area contributed by atoms with Crippen LogP contribution < -0.4 is 9.47 Å². The average Bonchev–Trinajstić information content (AvgIpc) is 3.06. The molecule has 3 rings (SSSR count). The molecule has 2 aliphatic heterocycles. The van der Waals surface area contributed by atoms with Crippen molar-refractivity contribution >= 4 is 29.6 Å². The van der Waals surface area contributed by atoms with E-state index < -0.39 is 5.97 Å². The van der Waals surface area contributed by atoms with E-state index >= 15 is 0 Å². The maximum atomic E-state index is 12.2. The third-order valence-electron chi connectivity index (χ3n) is 4.42. The minimum atomic E-state index is -0.578.